The first kappa shape index (κ1) is 25.0. The maximum Gasteiger partial charge on any atom is 0.157 e. The Kier molecular flexibility index (Phi) is 7.51. The Bertz CT molecular complexity index is 919. The SMILES string of the molecule is CCCC1C(CC)CCC2C1CCC1(C)C(C(=O)CN=C(C#N)C=C(N)C#N)CC(C3CC3)C21. The van der Waals surface area contributed by atoms with Crippen LogP contribution in [0.2, 0.25) is 0 Å². The third-order valence-electron chi connectivity index (χ3n) is 10.3. The van der Waals surface area contributed by atoms with Crippen LogP contribution in [0.1, 0.15) is 85.0 Å². The molecule has 0 spiro atoms. The smallest absolute Gasteiger partial charge is 0.157 e. The third kappa shape index (κ3) is 4.56. The van der Waals surface area contributed by atoms with Gasteiger partial charge >= 0.3 is 0 Å². The van der Waals surface area contributed by atoms with Crippen LogP contribution < -0.4 is 5.73 Å². The van der Waals surface area contributed by atoms with Crippen molar-refractivity contribution in [2.24, 2.45) is 63.5 Å². The van der Waals surface area contributed by atoms with Crippen molar-refractivity contribution >= 4 is 11.5 Å². The number of nitrogens with zero attached hydrogens (tertiary/aromatic N) is 3. The second-order valence-electron chi connectivity index (χ2n) is 11.9. The summed E-state index contributed by atoms with van der Waals surface area (Å²) >= 11 is 0. The molecule has 184 valence electrons. The minimum absolute atomic E-state index is 0.0208. The molecule has 4 fully saturated rings. The van der Waals surface area contributed by atoms with Gasteiger partial charge in [-0.25, -0.2) is 0 Å². The van der Waals surface area contributed by atoms with Gasteiger partial charge in [-0.2, -0.15) is 10.5 Å². The van der Waals surface area contributed by atoms with Crippen LogP contribution in [0.3, 0.4) is 0 Å². The molecule has 0 aromatic rings. The molecule has 5 nitrogen and oxygen atoms in total. The first-order valence-electron chi connectivity index (χ1n) is 13.7. The molecule has 0 aliphatic heterocycles. The summed E-state index contributed by atoms with van der Waals surface area (Å²) in [6.07, 6.45) is 14.1. The van der Waals surface area contributed by atoms with E-state index in [2.05, 4.69) is 25.8 Å². The molecule has 8 unspecified atom stereocenters. The molecule has 4 aliphatic carbocycles. The normalized spacial score (nSPS) is 40.1. The molecule has 0 amide bonds. The molecule has 0 aromatic heterocycles. The second-order valence-corrected chi connectivity index (χ2v) is 11.9. The number of aliphatic imine (C=N–C) groups is 1. The number of Topliss-reactive ketones (excluding diaryl/α,β-unsaturated/α-hetero) is 1. The molecule has 0 saturated heterocycles. The van der Waals surface area contributed by atoms with Gasteiger partial charge in [0.2, 0.25) is 0 Å². The van der Waals surface area contributed by atoms with Crippen molar-refractivity contribution < 1.29 is 4.79 Å². The van der Waals surface area contributed by atoms with Crippen molar-refractivity contribution in [3.63, 3.8) is 0 Å². The van der Waals surface area contributed by atoms with Crippen LogP contribution in [-0.4, -0.2) is 18.0 Å². The minimum Gasteiger partial charge on any atom is -0.390 e. The van der Waals surface area contributed by atoms with Gasteiger partial charge in [0, 0.05) is 12.0 Å². The highest BCUT2D eigenvalue weighted by atomic mass is 16.1. The predicted octanol–water partition coefficient (Wildman–Crippen LogP) is 5.82. The monoisotopic (exact) mass is 462 g/mol. The maximum absolute atomic E-state index is 13.6. The summed E-state index contributed by atoms with van der Waals surface area (Å²) in [7, 11) is 0. The van der Waals surface area contributed by atoms with Crippen molar-refractivity contribution in [2.45, 2.75) is 85.0 Å². The lowest BCUT2D eigenvalue weighted by Crippen LogP contribution is -2.49. The zero-order valence-electron chi connectivity index (χ0n) is 21.3. The second kappa shape index (κ2) is 10.2. The summed E-state index contributed by atoms with van der Waals surface area (Å²) in [5, 5.41) is 18.2. The van der Waals surface area contributed by atoms with E-state index in [0.717, 1.165) is 42.4 Å². The van der Waals surface area contributed by atoms with Gasteiger partial charge in [0.15, 0.2) is 5.78 Å². The van der Waals surface area contributed by atoms with E-state index in [4.69, 9.17) is 11.0 Å². The van der Waals surface area contributed by atoms with Crippen molar-refractivity contribution in [2.75, 3.05) is 6.54 Å². The van der Waals surface area contributed by atoms with Gasteiger partial charge in [-0.3, -0.25) is 9.79 Å². The van der Waals surface area contributed by atoms with E-state index in [9.17, 15) is 10.1 Å². The number of hydrogen-bond donors (Lipinski definition) is 1. The Hall–Kier alpha value is -2.14. The zero-order valence-corrected chi connectivity index (χ0v) is 21.3. The third-order valence-corrected chi connectivity index (χ3v) is 10.3. The van der Waals surface area contributed by atoms with E-state index >= 15 is 0 Å². The molecule has 4 saturated carbocycles. The first-order valence-corrected chi connectivity index (χ1v) is 13.7. The Balaban J connectivity index is 1.58. The average Bonchev–Trinajstić information content (AvgIpc) is 3.63. The highest BCUT2D eigenvalue weighted by molar-refractivity contribution is 6.08. The number of rotatable bonds is 8. The van der Waals surface area contributed by atoms with Crippen LogP contribution in [0.4, 0.5) is 0 Å². The largest absolute Gasteiger partial charge is 0.390 e. The number of hydrogen-bond acceptors (Lipinski definition) is 5. The molecule has 5 heteroatoms. The fourth-order valence-corrected chi connectivity index (χ4v) is 8.78. The molecule has 4 rings (SSSR count). The standard InChI is InChI=1S/C29H42N4O/c1-4-6-22-18(5-2)9-10-24-23(22)11-12-29(3)26(14-25(28(24)29)19-7-8-19)27(34)17-33-21(16-31)13-20(32)15-30/h13,18-19,22-26,28H,4-12,14,17,32H2,1-3H3. The highest BCUT2D eigenvalue weighted by Crippen LogP contribution is 2.68. The van der Waals surface area contributed by atoms with Gasteiger partial charge in [0.05, 0.1) is 6.54 Å². The van der Waals surface area contributed by atoms with Gasteiger partial charge in [-0.15, -0.1) is 0 Å². The Morgan fingerprint density at radius 3 is 2.47 bits per heavy atom. The number of carbonyl (C=O) groups excluding carboxylic acids is 1. The van der Waals surface area contributed by atoms with Gasteiger partial charge in [0.1, 0.15) is 23.5 Å². The minimum atomic E-state index is -0.0583. The number of fused-ring (bicyclic) bond motifs is 3. The van der Waals surface area contributed by atoms with Crippen LogP contribution in [-0.2, 0) is 4.79 Å². The predicted molar refractivity (Wildman–Crippen MR) is 134 cm³/mol. The molecule has 8 atom stereocenters. The number of carbonyl (C=O) groups is 1. The van der Waals surface area contributed by atoms with Crippen LogP contribution in [0.15, 0.2) is 16.8 Å². The highest BCUT2D eigenvalue weighted by Gasteiger charge is 2.63. The molecule has 0 radical (unpaired) electrons. The van der Waals surface area contributed by atoms with Crippen LogP contribution in [0, 0.1) is 75.4 Å². The Labute approximate surface area is 205 Å². The van der Waals surface area contributed by atoms with E-state index in [0.29, 0.717) is 11.8 Å². The van der Waals surface area contributed by atoms with E-state index in [1.54, 1.807) is 0 Å². The van der Waals surface area contributed by atoms with E-state index in [1.165, 1.54) is 57.4 Å². The molecule has 4 aliphatic rings. The Morgan fingerprint density at radius 1 is 1.09 bits per heavy atom. The topological polar surface area (TPSA) is 103 Å². The summed E-state index contributed by atoms with van der Waals surface area (Å²) in [6.45, 7) is 7.16. The lowest BCUT2D eigenvalue weighted by Gasteiger charge is -2.55. The maximum atomic E-state index is 13.6. The summed E-state index contributed by atoms with van der Waals surface area (Å²) < 4.78 is 0. The molecule has 34 heavy (non-hydrogen) atoms. The first-order chi connectivity index (χ1) is 16.4. The van der Waals surface area contributed by atoms with E-state index in [-0.39, 0.29) is 35.1 Å². The van der Waals surface area contributed by atoms with Crippen molar-refractivity contribution in [3.05, 3.63) is 11.8 Å². The fourth-order valence-electron chi connectivity index (χ4n) is 8.78. The summed E-state index contributed by atoms with van der Waals surface area (Å²) in [5.74, 6) is 5.75. The molecule has 0 heterocycles. The van der Waals surface area contributed by atoms with Crippen LogP contribution in [0.25, 0.3) is 0 Å². The number of ketones is 1. The molecule has 2 N–H and O–H groups in total. The lowest BCUT2D eigenvalue weighted by molar-refractivity contribution is -0.129. The van der Waals surface area contributed by atoms with Crippen molar-refractivity contribution in [1.29, 1.82) is 10.5 Å². The van der Waals surface area contributed by atoms with Crippen LogP contribution >= 0.6 is 0 Å². The van der Waals surface area contributed by atoms with E-state index < -0.39 is 0 Å². The summed E-state index contributed by atoms with van der Waals surface area (Å²) in [4.78, 5) is 17.8. The Morgan fingerprint density at radius 2 is 1.85 bits per heavy atom. The number of allylic oxidation sites excluding steroid dienone is 2. The number of nitriles is 2. The van der Waals surface area contributed by atoms with Gasteiger partial charge in [-0.1, -0.05) is 40.0 Å². The van der Waals surface area contributed by atoms with Crippen molar-refractivity contribution in [1.82, 2.24) is 0 Å². The fraction of sp³-hybridized carbons (Fsp3) is 0.793. The quantitative estimate of drug-likeness (QED) is 0.363. The van der Waals surface area contributed by atoms with Gasteiger partial charge in [-0.05, 0) is 91.8 Å². The lowest BCUT2D eigenvalue weighted by atomic mass is 9.49. The molecular weight excluding hydrogens is 420 g/mol. The van der Waals surface area contributed by atoms with Gasteiger partial charge in [0.25, 0.3) is 0 Å². The molecule has 0 aromatic carbocycles. The molecular formula is C29H42N4O. The van der Waals surface area contributed by atoms with Gasteiger partial charge < -0.3 is 5.73 Å². The summed E-state index contributed by atoms with van der Waals surface area (Å²) in [6, 6.07) is 3.78. The molecule has 0 bridgehead atoms. The average molecular weight is 463 g/mol. The van der Waals surface area contributed by atoms with Crippen LogP contribution in [0.5, 0.6) is 0 Å². The zero-order chi connectivity index (χ0) is 24.5. The number of nitrogens with two attached hydrogens (primary N) is 1. The van der Waals surface area contributed by atoms with Crippen molar-refractivity contribution in [3.8, 4) is 12.1 Å². The summed E-state index contributed by atoms with van der Waals surface area (Å²) in [5.41, 5.74) is 5.61. The van der Waals surface area contributed by atoms with E-state index in [1.807, 2.05) is 12.1 Å².